The summed E-state index contributed by atoms with van der Waals surface area (Å²) < 4.78 is 0. The fourth-order valence-electron chi connectivity index (χ4n) is 4.38. The molecule has 1 heterocycles. The molecule has 5 unspecified atom stereocenters. The van der Waals surface area contributed by atoms with Gasteiger partial charge in [-0.2, -0.15) is 0 Å². The Balaban J connectivity index is 1.82. The Bertz CT molecular complexity index is 1360. The van der Waals surface area contributed by atoms with E-state index in [-0.39, 0.29) is 24.5 Å². The smallest absolute Gasteiger partial charge is 0.326 e. The minimum Gasteiger partial charge on any atom is -0.508 e. The van der Waals surface area contributed by atoms with Crippen LogP contribution in [-0.2, 0) is 32.0 Å². The lowest BCUT2D eigenvalue weighted by Gasteiger charge is -2.28. The molecule has 0 saturated heterocycles. The van der Waals surface area contributed by atoms with E-state index in [0.29, 0.717) is 12.0 Å². The third-order valence-electron chi connectivity index (χ3n) is 7.05. The number of nitrogens with one attached hydrogen (secondary N) is 4. The average Bonchev–Trinajstić information content (AvgIpc) is 3.37. The van der Waals surface area contributed by atoms with Crippen molar-refractivity contribution in [1.82, 2.24) is 20.9 Å². The van der Waals surface area contributed by atoms with Crippen LogP contribution < -0.4 is 21.7 Å². The molecule has 3 amide bonds. The molecule has 2 aromatic carbocycles. The average molecular weight is 568 g/mol. The molecule has 0 saturated carbocycles. The summed E-state index contributed by atoms with van der Waals surface area (Å²) in [7, 11) is 0. The standard InChI is InChI=1S/C29H37N5O7/c1-3-16(2)25(28(39)33-24(29(40)41)12-17-8-10-19(36)11-9-17)34-27(38)23(32-26(37)21(30)15-35)13-18-14-31-22-7-5-4-6-20(18)22/h4-11,14,16,21,23-25,31,35-36H,3,12-13,15,30H2,1-2H3,(H,32,37)(H,33,39)(H,34,38)(H,40,41). The number of aliphatic carboxylic acids is 1. The van der Waals surface area contributed by atoms with Gasteiger partial charge >= 0.3 is 5.97 Å². The van der Waals surface area contributed by atoms with Gasteiger partial charge in [-0.15, -0.1) is 0 Å². The number of benzene rings is 2. The van der Waals surface area contributed by atoms with E-state index in [1.165, 1.54) is 12.1 Å². The van der Waals surface area contributed by atoms with Crippen molar-refractivity contribution in [3.8, 4) is 5.75 Å². The molecule has 3 aromatic rings. The Kier molecular flexibility index (Phi) is 10.8. The van der Waals surface area contributed by atoms with Crippen LogP contribution in [0, 0.1) is 5.92 Å². The van der Waals surface area contributed by atoms with E-state index in [2.05, 4.69) is 20.9 Å². The van der Waals surface area contributed by atoms with E-state index in [4.69, 9.17) is 5.73 Å². The summed E-state index contributed by atoms with van der Waals surface area (Å²) in [6, 6.07) is 8.59. The molecule has 0 aliphatic heterocycles. The highest BCUT2D eigenvalue weighted by Gasteiger charge is 2.33. The quantitative estimate of drug-likeness (QED) is 0.138. The summed E-state index contributed by atoms with van der Waals surface area (Å²) in [5.41, 5.74) is 7.83. The second kappa shape index (κ2) is 14.3. The number of phenolic OH excluding ortho intramolecular Hbond substituents is 1. The number of H-pyrrole nitrogens is 1. The number of carboxylic acid groups (broad SMARTS) is 1. The van der Waals surface area contributed by atoms with Gasteiger partial charge < -0.3 is 42.0 Å². The van der Waals surface area contributed by atoms with Crippen molar-refractivity contribution in [2.45, 2.75) is 57.3 Å². The molecule has 0 aliphatic carbocycles. The maximum atomic E-state index is 13.6. The van der Waals surface area contributed by atoms with Crippen LogP contribution in [0.3, 0.4) is 0 Å². The summed E-state index contributed by atoms with van der Waals surface area (Å²) >= 11 is 0. The number of carbonyl (C=O) groups is 4. The van der Waals surface area contributed by atoms with Crippen molar-refractivity contribution in [3.63, 3.8) is 0 Å². The van der Waals surface area contributed by atoms with E-state index in [9.17, 15) is 34.5 Å². The number of phenols is 1. The summed E-state index contributed by atoms with van der Waals surface area (Å²) in [4.78, 5) is 54.6. The first-order valence-electron chi connectivity index (χ1n) is 13.4. The molecule has 0 bridgehead atoms. The molecule has 0 radical (unpaired) electrons. The van der Waals surface area contributed by atoms with Crippen molar-refractivity contribution in [3.05, 3.63) is 65.9 Å². The summed E-state index contributed by atoms with van der Waals surface area (Å²) in [6.07, 6.45) is 2.24. The second-order valence-electron chi connectivity index (χ2n) is 10.1. The molecule has 9 N–H and O–H groups in total. The lowest BCUT2D eigenvalue weighted by molar-refractivity contribution is -0.142. The minimum atomic E-state index is -1.29. The number of hydrogen-bond acceptors (Lipinski definition) is 7. The first-order valence-corrected chi connectivity index (χ1v) is 13.4. The second-order valence-corrected chi connectivity index (χ2v) is 10.1. The number of hydrogen-bond donors (Lipinski definition) is 8. The van der Waals surface area contributed by atoms with Crippen LogP contribution >= 0.6 is 0 Å². The van der Waals surface area contributed by atoms with Gasteiger partial charge in [0.15, 0.2) is 0 Å². The summed E-state index contributed by atoms with van der Waals surface area (Å²) in [5.74, 6) is -3.72. The normalized spacial score (nSPS) is 14.8. The van der Waals surface area contributed by atoms with Crippen molar-refractivity contribution < 1.29 is 34.5 Å². The predicted octanol–water partition coefficient (Wildman–Crippen LogP) is 0.563. The number of aliphatic hydroxyl groups excluding tert-OH is 1. The Hall–Kier alpha value is -4.42. The fourth-order valence-corrected chi connectivity index (χ4v) is 4.38. The zero-order chi connectivity index (χ0) is 30.1. The minimum absolute atomic E-state index is 0.0263. The van der Waals surface area contributed by atoms with Gasteiger partial charge in [-0.1, -0.05) is 50.6 Å². The Morgan fingerprint density at radius 1 is 0.902 bits per heavy atom. The lowest BCUT2D eigenvalue weighted by atomic mass is 9.96. The first-order chi connectivity index (χ1) is 19.5. The third kappa shape index (κ3) is 8.29. The maximum Gasteiger partial charge on any atom is 0.326 e. The number of aliphatic hydroxyl groups is 1. The number of carbonyl (C=O) groups excluding carboxylic acids is 3. The molecule has 0 fully saturated rings. The highest BCUT2D eigenvalue weighted by Crippen LogP contribution is 2.20. The monoisotopic (exact) mass is 567 g/mol. The highest BCUT2D eigenvalue weighted by molar-refractivity contribution is 5.95. The number of carboxylic acids is 1. The Labute approximate surface area is 237 Å². The number of rotatable bonds is 14. The molecule has 12 heteroatoms. The molecule has 3 rings (SSSR count). The number of para-hydroxylation sites is 1. The number of amides is 3. The molecule has 0 spiro atoms. The Morgan fingerprint density at radius 3 is 2.20 bits per heavy atom. The predicted molar refractivity (Wildman–Crippen MR) is 152 cm³/mol. The van der Waals surface area contributed by atoms with E-state index in [0.717, 1.165) is 16.5 Å². The van der Waals surface area contributed by atoms with Crippen molar-refractivity contribution in [2.75, 3.05) is 6.61 Å². The number of nitrogens with two attached hydrogens (primary N) is 1. The zero-order valence-electron chi connectivity index (χ0n) is 23.0. The zero-order valence-corrected chi connectivity index (χ0v) is 23.0. The van der Waals surface area contributed by atoms with E-state index < -0.39 is 54.5 Å². The summed E-state index contributed by atoms with van der Waals surface area (Å²) in [5, 5.41) is 37.2. The van der Waals surface area contributed by atoms with Crippen molar-refractivity contribution in [1.29, 1.82) is 0 Å². The van der Waals surface area contributed by atoms with Crippen LogP contribution in [0.15, 0.2) is 54.7 Å². The largest absolute Gasteiger partial charge is 0.508 e. The van der Waals surface area contributed by atoms with Crippen LogP contribution in [-0.4, -0.2) is 74.8 Å². The van der Waals surface area contributed by atoms with E-state index in [1.54, 1.807) is 25.3 Å². The molecule has 41 heavy (non-hydrogen) atoms. The number of aromatic hydroxyl groups is 1. The molecule has 12 nitrogen and oxygen atoms in total. The van der Waals surface area contributed by atoms with Crippen LogP contribution in [0.4, 0.5) is 0 Å². The van der Waals surface area contributed by atoms with E-state index >= 15 is 0 Å². The van der Waals surface area contributed by atoms with Crippen LogP contribution in [0.2, 0.25) is 0 Å². The van der Waals surface area contributed by atoms with Crippen LogP contribution in [0.25, 0.3) is 10.9 Å². The number of fused-ring (bicyclic) bond motifs is 1. The topological polar surface area (TPSA) is 207 Å². The van der Waals surface area contributed by atoms with Gasteiger partial charge in [0, 0.05) is 29.9 Å². The molecular weight excluding hydrogens is 530 g/mol. The summed E-state index contributed by atoms with van der Waals surface area (Å²) in [6.45, 7) is 2.95. The lowest BCUT2D eigenvalue weighted by Crippen LogP contribution is -2.59. The van der Waals surface area contributed by atoms with Crippen molar-refractivity contribution in [2.24, 2.45) is 11.7 Å². The van der Waals surface area contributed by atoms with Gasteiger partial charge in [-0.25, -0.2) is 4.79 Å². The first kappa shape index (κ1) is 31.1. The molecule has 1 aromatic heterocycles. The van der Waals surface area contributed by atoms with Gasteiger partial charge in [0.25, 0.3) is 0 Å². The van der Waals surface area contributed by atoms with Crippen LogP contribution in [0.1, 0.15) is 31.4 Å². The fraction of sp³-hybridized carbons (Fsp3) is 0.379. The number of aromatic amines is 1. The molecule has 0 aliphatic rings. The van der Waals surface area contributed by atoms with Crippen molar-refractivity contribution >= 4 is 34.6 Å². The van der Waals surface area contributed by atoms with Gasteiger partial charge in [0.05, 0.1) is 6.61 Å². The highest BCUT2D eigenvalue weighted by atomic mass is 16.4. The van der Waals surface area contributed by atoms with E-state index in [1.807, 2.05) is 31.2 Å². The Morgan fingerprint density at radius 2 is 1.56 bits per heavy atom. The van der Waals surface area contributed by atoms with Gasteiger partial charge in [-0.05, 0) is 35.2 Å². The maximum absolute atomic E-state index is 13.6. The number of aromatic nitrogens is 1. The van der Waals surface area contributed by atoms with Crippen LogP contribution in [0.5, 0.6) is 5.75 Å². The van der Waals surface area contributed by atoms with Gasteiger partial charge in [0.2, 0.25) is 17.7 Å². The molecule has 5 atom stereocenters. The molecule has 220 valence electrons. The SMILES string of the molecule is CCC(C)C(NC(=O)C(Cc1c[nH]c2ccccc12)NC(=O)C(N)CO)C(=O)NC(Cc1ccc(O)cc1)C(=O)O. The van der Waals surface area contributed by atoms with Gasteiger partial charge in [-0.3, -0.25) is 14.4 Å². The van der Waals surface area contributed by atoms with Gasteiger partial charge in [0.1, 0.15) is 29.9 Å². The third-order valence-corrected chi connectivity index (χ3v) is 7.05. The molecular formula is C29H37N5O7.